The van der Waals surface area contributed by atoms with Crippen LogP contribution in [0.4, 0.5) is 4.79 Å². The highest BCUT2D eigenvalue weighted by Crippen LogP contribution is 2.30. The van der Waals surface area contributed by atoms with Crippen LogP contribution >= 0.6 is 0 Å². The predicted octanol–water partition coefficient (Wildman–Crippen LogP) is 3.73. The van der Waals surface area contributed by atoms with Crippen LogP contribution in [0.5, 0.6) is 0 Å². The lowest BCUT2D eigenvalue weighted by Crippen LogP contribution is -2.36. The molecule has 0 aliphatic heterocycles. The molecule has 1 aliphatic carbocycles. The van der Waals surface area contributed by atoms with Gasteiger partial charge < -0.3 is 18.6 Å². The van der Waals surface area contributed by atoms with E-state index >= 15 is 0 Å². The monoisotopic (exact) mass is 399 g/mol. The fourth-order valence-electron chi connectivity index (χ4n) is 2.66. The van der Waals surface area contributed by atoms with E-state index in [1.807, 2.05) is 6.08 Å². The summed E-state index contributed by atoms with van der Waals surface area (Å²) in [6, 6.07) is 0. The summed E-state index contributed by atoms with van der Waals surface area (Å²) in [5.74, 6) is 0.183. The number of hydrogen-bond donors (Lipinski definition) is 1. The highest BCUT2D eigenvalue weighted by molar-refractivity contribution is 6.70. The minimum atomic E-state index is -1.70. The van der Waals surface area contributed by atoms with Crippen molar-refractivity contribution in [3.8, 4) is 0 Å². The molecule has 1 aliphatic rings. The average Bonchev–Trinajstić information content (AvgIpc) is 2.51. The van der Waals surface area contributed by atoms with Gasteiger partial charge in [-0.05, 0) is 59.0 Å². The molecule has 1 amide bonds. The molecule has 8 heteroatoms. The van der Waals surface area contributed by atoms with Crippen LogP contribution in [0.2, 0.25) is 19.6 Å². The smallest absolute Gasteiger partial charge is 0.412 e. The molecule has 2 atom stereocenters. The number of alkyl carbamates (subject to hydrolysis) is 1. The van der Waals surface area contributed by atoms with Gasteiger partial charge in [-0.25, -0.2) is 9.59 Å². The Bertz CT molecular complexity index is 600. The number of nitrogens with one attached hydrogen (secondary N) is 1. The number of methoxy groups -OCH3 is 2. The minimum Gasteiger partial charge on any atom is -0.547 e. The van der Waals surface area contributed by atoms with Crippen molar-refractivity contribution in [3.63, 3.8) is 0 Å². The number of hydrogen-bond acceptors (Lipinski definition) is 6. The van der Waals surface area contributed by atoms with Crippen molar-refractivity contribution in [1.29, 1.82) is 0 Å². The molecular weight excluding hydrogens is 366 g/mol. The number of carbonyl (C=O) groups is 2. The third kappa shape index (κ3) is 8.62. The summed E-state index contributed by atoms with van der Waals surface area (Å²) in [6.07, 6.45) is 4.13. The van der Waals surface area contributed by atoms with Crippen molar-refractivity contribution in [2.24, 2.45) is 5.92 Å². The normalized spacial score (nSPS) is 21.2. The van der Waals surface area contributed by atoms with E-state index in [1.54, 1.807) is 34.0 Å². The summed E-state index contributed by atoms with van der Waals surface area (Å²) in [7, 11) is 1.18. The number of rotatable bonds is 6. The van der Waals surface area contributed by atoms with Crippen molar-refractivity contribution in [2.75, 3.05) is 14.2 Å². The molecule has 0 bridgehead atoms. The molecule has 154 valence electrons. The predicted molar refractivity (Wildman–Crippen MR) is 106 cm³/mol. The van der Waals surface area contributed by atoms with Gasteiger partial charge in [-0.1, -0.05) is 0 Å². The van der Waals surface area contributed by atoms with Gasteiger partial charge >= 0.3 is 12.1 Å². The first kappa shape index (κ1) is 23.2. The molecule has 2 unspecified atom stereocenters. The molecule has 0 spiro atoms. The van der Waals surface area contributed by atoms with Crippen LogP contribution < -0.4 is 5.32 Å². The third-order valence-electron chi connectivity index (χ3n) is 3.63. The van der Waals surface area contributed by atoms with E-state index in [0.29, 0.717) is 0 Å². The molecule has 1 N–H and O–H groups in total. The summed E-state index contributed by atoms with van der Waals surface area (Å²) in [6.45, 7) is 11.6. The first-order valence-corrected chi connectivity index (χ1v) is 12.5. The van der Waals surface area contributed by atoms with Crippen LogP contribution in [0, 0.1) is 5.92 Å². The Morgan fingerprint density at radius 3 is 2.33 bits per heavy atom. The van der Waals surface area contributed by atoms with Gasteiger partial charge in [-0.3, -0.25) is 5.32 Å². The SMILES string of the molecule is COC(=O)/C(=C/C1CCC(O[Si](C)(C)C)=CC1OC)NC(=O)OC(C)(C)C. The van der Waals surface area contributed by atoms with E-state index in [4.69, 9.17) is 18.6 Å². The van der Waals surface area contributed by atoms with E-state index in [0.717, 1.165) is 18.6 Å². The van der Waals surface area contributed by atoms with Crippen LogP contribution in [0.15, 0.2) is 23.6 Å². The fourth-order valence-corrected chi connectivity index (χ4v) is 3.62. The van der Waals surface area contributed by atoms with Crippen molar-refractivity contribution in [1.82, 2.24) is 5.32 Å². The highest BCUT2D eigenvalue weighted by Gasteiger charge is 2.29. The van der Waals surface area contributed by atoms with Crippen molar-refractivity contribution in [3.05, 3.63) is 23.6 Å². The van der Waals surface area contributed by atoms with Gasteiger partial charge in [0, 0.05) is 19.4 Å². The summed E-state index contributed by atoms with van der Waals surface area (Å²) >= 11 is 0. The van der Waals surface area contributed by atoms with Crippen molar-refractivity contribution < 1.29 is 28.2 Å². The summed E-state index contributed by atoms with van der Waals surface area (Å²) in [5, 5.41) is 2.49. The zero-order valence-electron chi connectivity index (χ0n) is 17.7. The van der Waals surface area contributed by atoms with Crippen molar-refractivity contribution in [2.45, 2.75) is 65.0 Å². The molecule has 7 nitrogen and oxygen atoms in total. The van der Waals surface area contributed by atoms with Gasteiger partial charge in [-0.2, -0.15) is 0 Å². The number of ether oxygens (including phenoxy) is 3. The summed E-state index contributed by atoms with van der Waals surface area (Å²) in [4.78, 5) is 24.1. The zero-order valence-corrected chi connectivity index (χ0v) is 18.7. The van der Waals surface area contributed by atoms with Gasteiger partial charge in [0.25, 0.3) is 0 Å². The maximum Gasteiger partial charge on any atom is 0.412 e. The Kier molecular flexibility index (Phi) is 8.10. The molecular formula is C19H33NO6Si. The largest absolute Gasteiger partial charge is 0.547 e. The molecule has 0 saturated heterocycles. The maximum absolute atomic E-state index is 12.1. The molecule has 0 aromatic heterocycles. The molecule has 0 aromatic rings. The van der Waals surface area contributed by atoms with E-state index in [1.165, 1.54) is 7.11 Å². The van der Waals surface area contributed by atoms with E-state index < -0.39 is 26.0 Å². The van der Waals surface area contributed by atoms with Crippen LogP contribution in [0.3, 0.4) is 0 Å². The molecule has 0 saturated carbocycles. The lowest BCUT2D eigenvalue weighted by Gasteiger charge is -2.31. The van der Waals surface area contributed by atoms with E-state index in [9.17, 15) is 9.59 Å². The minimum absolute atomic E-state index is 0.0433. The van der Waals surface area contributed by atoms with Gasteiger partial charge in [0.05, 0.1) is 19.0 Å². The Balaban J connectivity index is 2.99. The quantitative estimate of drug-likeness (QED) is 0.416. The van der Waals surface area contributed by atoms with Gasteiger partial charge in [0.2, 0.25) is 8.32 Å². The topological polar surface area (TPSA) is 83.1 Å². The molecule has 1 rings (SSSR count). The molecule has 0 heterocycles. The number of allylic oxidation sites excluding steroid dienone is 1. The van der Waals surface area contributed by atoms with Crippen molar-refractivity contribution >= 4 is 20.4 Å². The fraction of sp³-hybridized carbons (Fsp3) is 0.684. The zero-order chi connectivity index (χ0) is 20.8. The number of amides is 1. The summed E-state index contributed by atoms with van der Waals surface area (Å²) in [5.41, 5.74) is -0.626. The van der Waals surface area contributed by atoms with Crippen LogP contribution in [-0.2, 0) is 23.4 Å². The van der Waals surface area contributed by atoms with Crippen LogP contribution in [0.25, 0.3) is 0 Å². The van der Waals surface area contributed by atoms with Gasteiger partial charge in [0.1, 0.15) is 11.3 Å². The summed E-state index contributed by atoms with van der Waals surface area (Å²) < 4.78 is 21.6. The molecule has 0 fully saturated rings. The Morgan fingerprint density at radius 1 is 1.22 bits per heavy atom. The lowest BCUT2D eigenvalue weighted by molar-refractivity contribution is -0.136. The Labute approximate surface area is 163 Å². The average molecular weight is 400 g/mol. The number of esters is 1. The first-order valence-electron chi connectivity index (χ1n) is 9.07. The van der Waals surface area contributed by atoms with Gasteiger partial charge in [0.15, 0.2) is 0 Å². The molecule has 27 heavy (non-hydrogen) atoms. The maximum atomic E-state index is 12.1. The third-order valence-corrected chi connectivity index (χ3v) is 4.50. The van der Waals surface area contributed by atoms with Crippen LogP contribution in [0.1, 0.15) is 33.6 Å². The second-order valence-corrected chi connectivity index (χ2v) is 12.9. The Morgan fingerprint density at radius 2 is 1.85 bits per heavy atom. The molecule has 0 aromatic carbocycles. The Hall–Kier alpha value is -1.80. The second-order valence-electron chi connectivity index (χ2n) is 8.45. The highest BCUT2D eigenvalue weighted by atomic mass is 28.4. The first-order chi connectivity index (χ1) is 12.3. The van der Waals surface area contributed by atoms with Gasteiger partial charge in [-0.15, -0.1) is 0 Å². The molecule has 0 radical (unpaired) electrons. The van der Waals surface area contributed by atoms with E-state index in [2.05, 4.69) is 25.0 Å². The second kappa shape index (κ2) is 9.41. The lowest BCUT2D eigenvalue weighted by atomic mass is 9.89. The number of carbonyl (C=O) groups excluding carboxylic acids is 2. The van der Waals surface area contributed by atoms with Crippen LogP contribution in [-0.4, -0.2) is 46.3 Å². The standard InChI is InChI=1S/C19H33NO6Si/c1-19(2,3)25-18(22)20-15(17(21)24-5)11-13-9-10-14(12-16(13)23-4)26-27(6,7)8/h11-13,16H,9-10H2,1-8H3,(H,20,22)/b15-11-. The van der Waals surface area contributed by atoms with E-state index in [-0.39, 0.29) is 17.7 Å².